The number of anilines is 2. The van der Waals surface area contributed by atoms with Gasteiger partial charge in [-0.15, -0.1) is 0 Å². The summed E-state index contributed by atoms with van der Waals surface area (Å²) in [5.41, 5.74) is 5.87. The Balaban J connectivity index is 1.91. The third kappa shape index (κ3) is 1.83. The molecule has 0 saturated carbocycles. The SMILES string of the molecule is CCOc1c(N)nsc1N1C2CCC1CC(O)C2. The summed E-state index contributed by atoms with van der Waals surface area (Å²) < 4.78 is 9.85. The molecule has 5 nitrogen and oxygen atoms in total. The summed E-state index contributed by atoms with van der Waals surface area (Å²) in [5.74, 6) is 1.22. The van der Waals surface area contributed by atoms with Crippen molar-refractivity contribution < 1.29 is 9.84 Å². The van der Waals surface area contributed by atoms with Gasteiger partial charge in [-0.05, 0) is 44.1 Å². The zero-order valence-corrected chi connectivity index (χ0v) is 11.3. The lowest BCUT2D eigenvalue weighted by molar-refractivity contribution is 0.126. The van der Waals surface area contributed by atoms with E-state index in [9.17, 15) is 5.11 Å². The fourth-order valence-electron chi connectivity index (χ4n) is 3.21. The lowest BCUT2D eigenvalue weighted by Crippen LogP contribution is -2.44. The Bertz CT molecular complexity index is 423. The van der Waals surface area contributed by atoms with Crippen molar-refractivity contribution in [3.05, 3.63) is 0 Å². The normalized spacial score (nSPS) is 30.8. The first-order valence-electron chi connectivity index (χ1n) is 6.55. The number of fused-ring (bicyclic) bond motifs is 2. The molecule has 3 heterocycles. The molecule has 2 bridgehead atoms. The summed E-state index contributed by atoms with van der Waals surface area (Å²) in [6.07, 6.45) is 3.83. The van der Waals surface area contributed by atoms with Crippen LogP contribution in [0.2, 0.25) is 0 Å². The van der Waals surface area contributed by atoms with Crippen molar-refractivity contribution >= 4 is 22.4 Å². The minimum absolute atomic E-state index is 0.153. The van der Waals surface area contributed by atoms with Gasteiger partial charge < -0.3 is 20.5 Å². The van der Waals surface area contributed by atoms with Crippen LogP contribution in [0.5, 0.6) is 5.75 Å². The minimum atomic E-state index is -0.153. The molecule has 0 spiro atoms. The van der Waals surface area contributed by atoms with Gasteiger partial charge in [0.25, 0.3) is 0 Å². The van der Waals surface area contributed by atoms with Crippen LogP contribution in [0.4, 0.5) is 10.8 Å². The molecule has 2 aliphatic rings. The van der Waals surface area contributed by atoms with E-state index in [4.69, 9.17) is 10.5 Å². The number of ether oxygens (including phenoxy) is 1. The van der Waals surface area contributed by atoms with Crippen LogP contribution in [0, 0.1) is 0 Å². The van der Waals surface area contributed by atoms with Crippen LogP contribution in [-0.2, 0) is 0 Å². The first-order chi connectivity index (χ1) is 8.70. The Hall–Kier alpha value is -1.01. The Morgan fingerprint density at radius 3 is 2.72 bits per heavy atom. The van der Waals surface area contributed by atoms with Gasteiger partial charge in [0.05, 0.1) is 12.7 Å². The second-order valence-corrected chi connectivity index (χ2v) is 5.80. The molecular weight excluding hydrogens is 250 g/mol. The van der Waals surface area contributed by atoms with E-state index in [1.165, 1.54) is 11.5 Å². The first kappa shape index (κ1) is 12.0. The Morgan fingerprint density at radius 1 is 1.44 bits per heavy atom. The van der Waals surface area contributed by atoms with E-state index in [0.717, 1.165) is 36.4 Å². The number of nitrogen functional groups attached to an aromatic ring is 1. The number of hydrogen-bond acceptors (Lipinski definition) is 6. The van der Waals surface area contributed by atoms with Gasteiger partial charge in [-0.1, -0.05) is 0 Å². The van der Waals surface area contributed by atoms with Gasteiger partial charge in [0, 0.05) is 12.1 Å². The van der Waals surface area contributed by atoms with Gasteiger partial charge >= 0.3 is 0 Å². The van der Waals surface area contributed by atoms with Gasteiger partial charge in [-0.3, -0.25) is 0 Å². The van der Waals surface area contributed by atoms with Crippen molar-refractivity contribution in [2.75, 3.05) is 17.2 Å². The lowest BCUT2D eigenvalue weighted by atomic mass is 10.0. The Kier molecular flexibility index (Phi) is 3.07. The van der Waals surface area contributed by atoms with E-state index in [0.29, 0.717) is 24.5 Å². The number of aromatic nitrogens is 1. The number of nitrogens with two attached hydrogens (primary N) is 1. The Morgan fingerprint density at radius 2 is 2.11 bits per heavy atom. The summed E-state index contributed by atoms with van der Waals surface area (Å²) in [5, 5.41) is 10.9. The predicted molar refractivity (Wildman–Crippen MR) is 72.2 cm³/mol. The second-order valence-electron chi connectivity index (χ2n) is 5.05. The number of piperidine rings is 1. The van der Waals surface area contributed by atoms with Crippen LogP contribution in [0.1, 0.15) is 32.6 Å². The highest BCUT2D eigenvalue weighted by Gasteiger charge is 2.42. The number of aliphatic hydroxyl groups excluding tert-OH is 1. The molecule has 2 aliphatic heterocycles. The van der Waals surface area contributed by atoms with Crippen LogP contribution in [0.25, 0.3) is 0 Å². The predicted octanol–water partition coefficient (Wildman–Crippen LogP) is 1.62. The third-order valence-corrected chi connectivity index (χ3v) is 4.75. The quantitative estimate of drug-likeness (QED) is 0.872. The second kappa shape index (κ2) is 4.59. The lowest BCUT2D eigenvalue weighted by Gasteiger charge is -2.37. The van der Waals surface area contributed by atoms with E-state index < -0.39 is 0 Å². The van der Waals surface area contributed by atoms with E-state index in [1.54, 1.807) is 0 Å². The van der Waals surface area contributed by atoms with Gasteiger partial charge in [-0.25, -0.2) is 0 Å². The molecule has 3 N–H and O–H groups in total. The monoisotopic (exact) mass is 269 g/mol. The highest BCUT2D eigenvalue weighted by Crippen LogP contribution is 2.47. The molecule has 2 atom stereocenters. The minimum Gasteiger partial charge on any atom is -0.487 e. The maximum absolute atomic E-state index is 9.84. The molecule has 2 fully saturated rings. The standard InChI is InChI=1S/C12H19N3O2S/c1-2-17-10-11(13)14-18-12(10)15-7-3-4-8(15)6-9(16)5-7/h7-9,16H,2-6H2,1H3,(H2,13,14). The zero-order valence-electron chi connectivity index (χ0n) is 10.5. The van der Waals surface area contributed by atoms with Gasteiger partial charge in [-0.2, -0.15) is 4.37 Å². The van der Waals surface area contributed by atoms with Crippen LogP contribution in [-0.4, -0.2) is 34.3 Å². The van der Waals surface area contributed by atoms with Crippen molar-refractivity contribution in [1.82, 2.24) is 4.37 Å². The molecule has 0 aliphatic carbocycles. The molecule has 6 heteroatoms. The topological polar surface area (TPSA) is 71.6 Å². The highest BCUT2D eigenvalue weighted by molar-refractivity contribution is 7.11. The average Bonchev–Trinajstić information content (AvgIpc) is 2.80. The molecule has 0 radical (unpaired) electrons. The number of rotatable bonds is 3. The maximum Gasteiger partial charge on any atom is 0.197 e. The fraction of sp³-hybridized carbons (Fsp3) is 0.750. The van der Waals surface area contributed by atoms with E-state index >= 15 is 0 Å². The molecule has 1 aromatic heterocycles. The molecule has 1 aromatic rings. The van der Waals surface area contributed by atoms with E-state index in [2.05, 4.69) is 9.27 Å². The van der Waals surface area contributed by atoms with Crippen molar-refractivity contribution in [3.63, 3.8) is 0 Å². The van der Waals surface area contributed by atoms with Crippen LogP contribution >= 0.6 is 11.5 Å². The van der Waals surface area contributed by atoms with Crippen LogP contribution in [0.15, 0.2) is 0 Å². The molecule has 3 rings (SSSR count). The molecule has 100 valence electrons. The smallest absolute Gasteiger partial charge is 0.197 e. The maximum atomic E-state index is 9.84. The summed E-state index contributed by atoms with van der Waals surface area (Å²) in [6.45, 7) is 2.55. The van der Waals surface area contributed by atoms with Crippen molar-refractivity contribution in [2.45, 2.75) is 50.8 Å². The molecule has 0 amide bonds. The van der Waals surface area contributed by atoms with Gasteiger partial charge in [0.1, 0.15) is 0 Å². The number of hydrogen-bond donors (Lipinski definition) is 2. The summed E-state index contributed by atoms with van der Waals surface area (Å²) in [4.78, 5) is 2.38. The van der Waals surface area contributed by atoms with Crippen molar-refractivity contribution in [2.24, 2.45) is 0 Å². The highest BCUT2D eigenvalue weighted by atomic mass is 32.1. The first-order valence-corrected chi connectivity index (χ1v) is 7.32. The third-order valence-electron chi connectivity index (χ3n) is 3.89. The van der Waals surface area contributed by atoms with Crippen LogP contribution in [0.3, 0.4) is 0 Å². The number of nitrogens with zero attached hydrogens (tertiary/aromatic N) is 2. The summed E-state index contributed by atoms with van der Waals surface area (Å²) in [7, 11) is 0. The summed E-state index contributed by atoms with van der Waals surface area (Å²) >= 11 is 1.42. The van der Waals surface area contributed by atoms with Gasteiger partial charge in [0.15, 0.2) is 16.6 Å². The fourth-order valence-corrected chi connectivity index (χ4v) is 4.12. The molecular formula is C12H19N3O2S. The Labute approximate surface area is 111 Å². The zero-order chi connectivity index (χ0) is 12.7. The molecule has 18 heavy (non-hydrogen) atoms. The van der Waals surface area contributed by atoms with Crippen molar-refractivity contribution in [1.29, 1.82) is 0 Å². The molecule has 2 saturated heterocycles. The van der Waals surface area contributed by atoms with Crippen molar-refractivity contribution in [3.8, 4) is 5.75 Å². The average molecular weight is 269 g/mol. The molecule has 2 unspecified atom stereocenters. The van der Waals surface area contributed by atoms with Crippen LogP contribution < -0.4 is 15.4 Å². The number of aliphatic hydroxyl groups is 1. The molecule has 0 aromatic carbocycles. The summed E-state index contributed by atoms with van der Waals surface area (Å²) in [6, 6.07) is 0.829. The largest absolute Gasteiger partial charge is 0.487 e. The van der Waals surface area contributed by atoms with Gasteiger partial charge in [0.2, 0.25) is 0 Å². The van der Waals surface area contributed by atoms with E-state index in [1.807, 2.05) is 6.92 Å². The van der Waals surface area contributed by atoms with E-state index in [-0.39, 0.29) is 6.10 Å².